The Morgan fingerprint density at radius 3 is 2.75 bits per heavy atom. The molecule has 0 N–H and O–H groups in total. The molecule has 3 nitrogen and oxygen atoms in total. The number of hydrogen-bond donors (Lipinski definition) is 0. The summed E-state index contributed by atoms with van der Waals surface area (Å²) in [4.78, 5) is 14.0. The Kier molecular flexibility index (Phi) is 5.92. The van der Waals surface area contributed by atoms with Gasteiger partial charge >= 0.3 is 0 Å². The van der Waals surface area contributed by atoms with Gasteiger partial charge in [-0.05, 0) is 12.8 Å². The van der Waals surface area contributed by atoms with Gasteiger partial charge in [-0.15, -0.1) is 0 Å². The summed E-state index contributed by atoms with van der Waals surface area (Å²) >= 11 is 0. The van der Waals surface area contributed by atoms with E-state index in [0.717, 1.165) is 19.4 Å². The summed E-state index contributed by atoms with van der Waals surface area (Å²) in [5, 5.41) is 8.59. The summed E-state index contributed by atoms with van der Waals surface area (Å²) in [5.41, 5.74) is 0. The van der Waals surface area contributed by atoms with Crippen molar-refractivity contribution in [3.8, 4) is 6.07 Å². The van der Waals surface area contributed by atoms with Gasteiger partial charge < -0.3 is 4.90 Å². The van der Waals surface area contributed by atoms with E-state index in [1.54, 1.807) is 0 Å². The maximum atomic E-state index is 12.1. The average Bonchev–Trinajstić information content (AvgIpc) is 2.30. The van der Waals surface area contributed by atoms with Crippen molar-refractivity contribution in [3.63, 3.8) is 0 Å². The van der Waals surface area contributed by atoms with Crippen molar-refractivity contribution in [3.05, 3.63) is 0 Å². The van der Waals surface area contributed by atoms with Gasteiger partial charge in [0.25, 0.3) is 0 Å². The van der Waals surface area contributed by atoms with E-state index in [1.165, 1.54) is 25.7 Å². The second-order valence-corrected chi connectivity index (χ2v) is 4.69. The van der Waals surface area contributed by atoms with Gasteiger partial charge in [0.1, 0.15) is 0 Å². The number of carbonyl (C=O) groups excluding carboxylic acids is 1. The number of carbonyl (C=O) groups is 1. The lowest BCUT2D eigenvalue weighted by atomic mass is 9.99. The first kappa shape index (κ1) is 13.0. The lowest BCUT2D eigenvalue weighted by Crippen LogP contribution is -2.37. The van der Waals surface area contributed by atoms with Crippen LogP contribution < -0.4 is 0 Å². The van der Waals surface area contributed by atoms with E-state index >= 15 is 0 Å². The summed E-state index contributed by atoms with van der Waals surface area (Å²) in [6.07, 6.45) is 7.47. The van der Waals surface area contributed by atoms with Gasteiger partial charge in [-0.3, -0.25) is 4.79 Å². The Balaban J connectivity index is 2.53. The minimum absolute atomic E-state index is 0.136. The highest BCUT2D eigenvalue weighted by atomic mass is 16.2. The van der Waals surface area contributed by atoms with Crippen molar-refractivity contribution < 1.29 is 4.79 Å². The lowest BCUT2D eigenvalue weighted by Gasteiger charge is -2.26. The quantitative estimate of drug-likeness (QED) is 0.721. The Labute approximate surface area is 98.4 Å². The van der Waals surface area contributed by atoms with Crippen molar-refractivity contribution in [2.75, 3.05) is 13.1 Å². The monoisotopic (exact) mass is 222 g/mol. The molecule has 16 heavy (non-hydrogen) atoms. The fourth-order valence-electron chi connectivity index (χ4n) is 2.24. The standard InChI is InChI=1S/C13H22N2O/c1-12-8-5-3-2-4-6-10-15(13(12)16)11-7-9-14/h12H,2-8,10-11H2,1H3/t12-/m1/s1. The molecule has 1 aliphatic heterocycles. The summed E-state index contributed by atoms with van der Waals surface area (Å²) in [6.45, 7) is 3.47. The van der Waals surface area contributed by atoms with Crippen LogP contribution >= 0.6 is 0 Å². The first-order chi connectivity index (χ1) is 7.75. The van der Waals surface area contributed by atoms with Crippen molar-refractivity contribution in [1.82, 2.24) is 4.90 Å². The van der Waals surface area contributed by atoms with Crippen LogP contribution in [0.25, 0.3) is 0 Å². The van der Waals surface area contributed by atoms with Crippen LogP contribution in [0.4, 0.5) is 0 Å². The van der Waals surface area contributed by atoms with Crippen molar-refractivity contribution in [1.29, 1.82) is 5.26 Å². The van der Waals surface area contributed by atoms with Crippen molar-refractivity contribution in [2.45, 2.75) is 51.9 Å². The smallest absolute Gasteiger partial charge is 0.225 e. The Hall–Kier alpha value is -1.04. The van der Waals surface area contributed by atoms with Gasteiger partial charge in [-0.2, -0.15) is 5.26 Å². The summed E-state index contributed by atoms with van der Waals surface area (Å²) in [6, 6.07) is 2.12. The average molecular weight is 222 g/mol. The summed E-state index contributed by atoms with van der Waals surface area (Å²) in [5.74, 6) is 0.383. The fourth-order valence-corrected chi connectivity index (χ4v) is 2.24. The second-order valence-electron chi connectivity index (χ2n) is 4.69. The Morgan fingerprint density at radius 2 is 2.00 bits per heavy atom. The lowest BCUT2D eigenvalue weighted by molar-refractivity contribution is -0.135. The predicted octanol–water partition coefficient (Wildman–Crippen LogP) is 2.72. The molecule has 90 valence electrons. The molecule has 0 aliphatic carbocycles. The van der Waals surface area contributed by atoms with Crippen LogP contribution in [0.2, 0.25) is 0 Å². The molecular formula is C13H22N2O. The molecule has 1 atom stereocenters. The molecule has 0 saturated carbocycles. The fraction of sp³-hybridized carbons (Fsp3) is 0.846. The highest BCUT2D eigenvalue weighted by Gasteiger charge is 2.20. The summed E-state index contributed by atoms with van der Waals surface area (Å²) in [7, 11) is 0. The first-order valence-corrected chi connectivity index (χ1v) is 6.41. The van der Waals surface area contributed by atoms with Gasteiger partial charge in [0.05, 0.1) is 12.5 Å². The van der Waals surface area contributed by atoms with Gasteiger partial charge in [-0.1, -0.05) is 32.6 Å². The summed E-state index contributed by atoms with van der Waals surface area (Å²) < 4.78 is 0. The molecule has 0 spiro atoms. The highest BCUT2D eigenvalue weighted by Crippen LogP contribution is 2.17. The number of amides is 1. The molecule has 1 saturated heterocycles. The molecule has 0 bridgehead atoms. The van der Waals surface area contributed by atoms with Gasteiger partial charge in [0.15, 0.2) is 0 Å². The van der Waals surface area contributed by atoms with Crippen LogP contribution in [0.15, 0.2) is 0 Å². The normalized spacial score (nSPS) is 23.9. The van der Waals surface area contributed by atoms with Crippen LogP contribution in [0.1, 0.15) is 51.9 Å². The number of hydrogen-bond acceptors (Lipinski definition) is 2. The van der Waals surface area contributed by atoms with E-state index in [4.69, 9.17) is 5.26 Å². The third-order valence-corrected chi connectivity index (χ3v) is 3.29. The van der Waals surface area contributed by atoms with Crippen LogP contribution in [0, 0.1) is 17.2 Å². The topological polar surface area (TPSA) is 44.1 Å². The third-order valence-electron chi connectivity index (χ3n) is 3.29. The van der Waals surface area contributed by atoms with E-state index < -0.39 is 0 Å². The van der Waals surface area contributed by atoms with Gasteiger partial charge in [0.2, 0.25) is 5.91 Å². The second kappa shape index (κ2) is 7.27. The molecule has 1 aliphatic rings. The van der Waals surface area contributed by atoms with Crippen LogP contribution in [0.3, 0.4) is 0 Å². The van der Waals surface area contributed by atoms with Crippen molar-refractivity contribution >= 4 is 5.91 Å². The maximum Gasteiger partial charge on any atom is 0.225 e. The van der Waals surface area contributed by atoms with E-state index in [0.29, 0.717) is 13.0 Å². The largest absolute Gasteiger partial charge is 0.341 e. The molecule has 0 aromatic rings. The van der Waals surface area contributed by atoms with Crippen LogP contribution in [-0.4, -0.2) is 23.9 Å². The molecule has 0 aromatic heterocycles. The molecule has 1 rings (SSSR count). The van der Waals surface area contributed by atoms with E-state index in [-0.39, 0.29) is 11.8 Å². The molecule has 1 fully saturated rings. The Bertz CT molecular complexity index is 257. The molecule has 1 amide bonds. The van der Waals surface area contributed by atoms with Gasteiger partial charge in [0, 0.05) is 19.0 Å². The molecular weight excluding hydrogens is 200 g/mol. The maximum absolute atomic E-state index is 12.1. The zero-order valence-electron chi connectivity index (χ0n) is 10.2. The minimum atomic E-state index is 0.136. The molecule has 3 heteroatoms. The molecule has 0 aromatic carbocycles. The van der Waals surface area contributed by atoms with Gasteiger partial charge in [-0.25, -0.2) is 0 Å². The molecule has 1 heterocycles. The van der Waals surface area contributed by atoms with E-state index in [2.05, 4.69) is 6.07 Å². The molecule has 0 unspecified atom stereocenters. The number of nitriles is 1. The zero-order valence-corrected chi connectivity index (χ0v) is 10.2. The zero-order chi connectivity index (χ0) is 11.8. The van der Waals surface area contributed by atoms with E-state index in [9.17, 15) is 4.79 Å². The predicted molar refractivity (Wildman–Crippen MR) is 63.7 cm³/mol. The number of rotatable bonds is 2. The minimum Gasteiger partial charge on any atom is -0.341 e. The third kappa shape index (κ3) is 4.22. The number of nitrogens with zero attached hydrogens (tertiary/aromatic N) is 2. The van der Waals surface area contributed by atoms with Crippen LogP contribution in [-0.2, 0) is 4.79 Å². The highest BCUT2D eigenvalue weighted by molar-refractivity contribution is 5.78. The van der Waals surface area contributed by atoms with Crippen molar-refractivity contribution in [2.24, 2.45) is 5.92 Å². The molecule has 0 radical (unpaired) electrons. The van der Waals surface area contributed by atoms with Crippen LogP contribution in [0.5, 0.6) is 0 Å². The Morgan fingerprint density at radius 1 is 1.31 bits per heavy atom. The SMILES string of the molecule is C[C@@H]1CCCCCCCN(CCC#N)C1=O. The van der Waals surface area contributed by atoms with E-state index in [1.807, 2.05) is 11.8 Å². The first-order valence-electron chi connectivity index (χ1n) is 6.41.